The van der Waals surface area contributed by atoms with Gasteiger partial charge in [0.1, 0.15) is 0 Å². The lowest BCUT2D eigenvalue weighted by Crippen LogP contribution is -3.00. The van der Waals surface area contributed by atoms with Crippen molar-refractivity contribution in [1.82, 2.24) is 0 Å². The van der Waals surface area contributed by atoms with Crippen molar-refractivity contribution in [3.63, 3.8) is 0 Å². The van der Waals surface area contributed by atoms with Gasteiger partial charge < -0.3 is 4.74 Å². The number of hydrogen-bond acceptors (Lipinski definition) is 2. The van der Waals surface area contributed by atoms with Crippen molar-refractivity contribution in [1.29, 1.82) is 0 Å². The molecule has 0 N–H and O–H groups in total. The van der Waals surface area contributed by atoms with Crippen LogP contribution >= 0.6 is 0 Å². The first-order valence-corrected chi connectivity index (χ1v) is 7.03. The van der Waals surface area contributed by atoms with E-state index in [1.54, 1.807) is 0 Å². The molecule has 0 aromatic rings. The van der Waals surface area contributed by atoms with Gasteiger partial charge in [0.15, 0.2) is 0 Å². The molecule has 0 aliphatic heterocycles. The molecule has 3 unspecified atom stereocenters. The molecule has 0 saturated heterocycles. The summed E-state index contributed by atoms with van der Waals surface area (Å²) in [4.78, 5) is 11.2. The quantitative estimate of drug-likeness (QED) is 0.382. The highest BCUT2D eigenvalue weighted by molar-refractivity contribution is 5.85. The van der Waals surface area contributed by atoms with Crippen molar-refractivity contribution in [3.8, 4) is 0 Å². The average molecular weight is 502 g/mol. The molecule has 0 amide bonds. The van der Waals surface area contributed by atoms with Gasteiger partial charge in [-0.2, -0.15) is 61.5 Å². The topological polar surface area (TPSA) is 26.3 Å². The van der Waals surface area contributed by atoms with Crippen LogP contribution in [0.2, 0.25) is 0 Å². The van der Waals surface area contributed by atoms with Crippen LogP contribution in [0.1, 0.15) is 0 Å². The van der Waals surface area contributed by atoms with Crippen LogP contribution in [0.4, 0.5) is 74.6 Å². The molecule has 2 saturated carbocycles. The molecule has 0 bridgehead atoms. The van der Waals surface area contributed by atoms with Crippen molar-refractivity contribution < 1.29 is 84.2 Å². The Labute approximate surface area is 157 Å². The van der Waals surface area contributed by atoms with E-state index in [-0.39, 0.29) is 0 Å². The Kier molecular flexibility index (Phi) is 4.47. The van der Waals surface area contributed by atoms with Gasteiger partial charge in [0.2, 0.25) is 0 Å². The number of rotatable bonds is 1. The van der Waals surface area contributed by atoms with E-state index in [0.717, 1.165) is 0 Å². The van der Waals surface area contributed by atoms with Gasteiger partial charge in [-0.05, 0) is 0 Å². The molecule has 2 fully saturated rings. The predicted molar refractivity (Wildman–Crippen MR) is 58.2 cm³/mol. The molecule has 2 nitrogen and oxygen atoms in total. The SMILES string of the molecule is COC(=O)C1(F)C(F)(F)C(F)(F)C(F)(F)C2(F)C(F)(F)C(F)(F)C(F)(F)C(F)(F)C12F. The number of methoxy groups -OCH3 is 1. The second-order valence-electron chi connectivity index (χ2n) is 6.49. The van der Waals surface area contributed by atoms with Crippen molar-refractivity contribution in [2.24, 2.45) is 0 Å². The zero-order valence-corrected chi connectivity index (χ0v) is 13.7. The summed E-state index contributed by atoms with van der Waals surface area (Å²) in [6.07, 6.45) is 0. The third-order valence-corrected chi connectivity index (χ3v) is 5.12. The van der Waals surface area contributed by atoms with E-state index < -0.39 is 71.5 Å². The van der Waals surface area contributed by atoms with Crippen LogP contribution < -0.4 is 0 Å². The molecule has 0 heterocycles. The van der Waals surface area contributed by atoms with Gasteiger partial charge in [0.25, 0.3) is 11.3 Å². The summed E-state index contributed by atoms with van der Waals surface area (Å²) in [5.41, 5.74) is -24.9. The Balaban J connectivity index is 3.34. The molecule has 0 aromatic heterocycles. The standard InChI is InChI=1S/C12H3F17O2/c1-31-2(30)3(13)4(14)5(15,8(20,21)10(24,25)6(3,16)17)9(22,23)12(28,29)11(26,27)7(4,18)19/h1H3. The van der Waals surface area contributed by atoms with Gasteiger partial charge >= 0.3 is 53.1 Å². The molecule has 19 heteroatoms. The Bertz CT molecular complexity index is 810. The summed E-state index contributed by atoms with van der Waals surface area (Å²) < 4.78 is 239. The minimum absolute atomic E-state index is 0.486. The van der Waals surface area contributed by atoms with Crippen molar-refractivity contribution in [2.45, 2.75) is 58.5 Å². The molecule has 0 aromatic carbocycles. The van der Waals surface area contributed by atoms with Gasteiger partial charge in [-0.15, -0.1) is 0 Å². The number of fused-ring (bicyclic) bond motifs is 1. The van der Waals surface area contributed by atoms with E-state index in [9.17, 15) is 79.4 Å². The monoisotopic (exact) mass is 502 g/mol. The Morgan fingerprint density at radius 1 is 0.452 bits per heavy atom. The Morgan fingerprint density at radius 2 is 0.710 bits per heavy atom. The van der Waals surface area contributed by atoms with Gasteiger partial charge in [0, 0.05) is 0 Å². The molecule has 0 spiro atoms. The van der Waals surface area contributed by atoms with E-state index in [1.165, 1.54) is 0 Å². The summed E-state index contributed by atoms with van der Waals surface area (Å²) in [7, 11) is -0.486. The minimum atomic E-state index is -8.59. The van der Waals surface area contributed by atoms with Crippen molar-refractivity contribution in [2.75, 3.05) is 7.11 Å². The van der Waals surface area contributed by atoms with E-state index in [2.05, 4.69) is 4.74 Å². The number of ether oxygens (including phenoxy) is 1. The van der Waals surface area contributed by atoms with Crippen LogP contribution in [-0.2, 0) is 9.53 Å². The molecule has 2 aliphatic rings. The molecule has 2 aliphatic carbocycles. The zero-order chi connectivity index (χ0) is 25.3. The largest absolute Gasteiger partial charge is 0.466 e. The van der Waals surface area contributed by atoms with Crippen LogP contribution in [0.3, 0.4) is 0 Å². The van der Waals surface area contributed by atoms with Crippen molar-refractivity contribution >= 4 is 5.97 Å². The van der Waals surface area contributed by atoms with Crippen LogP contribution in [0, 0.1) is 0 Å². The highest BCUT2D eigenvalue weighted by Crippen LogP contribution is 2.80. The molecule has 182 valence electrons. The normalized spacial score (nSPS) is 42.9. The van der Waals surface area contributed by atoms with Crippen LogP contribution in [0.15, 0.2) is 0 Å². The molecule has 3 atom stereocenters. The molecular formula is C12H3F17O2. The van der Waals surface area contributed by atoms with Crippen LogP contribution in [0.25, 0.3) is 0 Å². The van der Waals surface area contributed by atoms with E-state index in [4.69, 9.17) is 0 Å². The fourth-order valence-electron chi connectivity index (χ4n) is 3.38. The smallest absolute Gasteiger partial charge is 0.382 e. The maximum absolute atomic E-state index is 14.9. The van der Waals surface area contributed by atoms with E-state index in [1.807, 2.05) is 0 Å². The summed E-state index contributed by atoms with van der Waals surface area (Å²) in [5.74, 6) is -62.3. The first-order chi connectivity index (χ1) is 13.2. The number of carbonyl (C=O) groups excluding carboxylic acids is 1. The number of halogens is 17. The lowest BCUT2D eigenvalue weighted by molar-refractivity contribution is -0.542. The second kappa shape index (κ2) is 5.43. The number of carbonyl (C=O) groups is 1. The van der Waals surface area contributed by atoms with E-state index >= 15 is 0 Å². The van der Waals surface area contributed by atoms with Crippen molar-refractivity contribution in [3.05, 3.63) is 0 Å². The maximum atomic E-state index is 14.9. The first-order valence-electron chi connectivity index (χ1n) is 7.03. The highest BCUT2D eigenvalue weighted by Gasteiger charge is 3.15. The number of hydrogen-bond donors (Lipinski definition) is 0. The fraction of sp³-hybridized carbons (Fsp3) is 0.917. The summed E-state index contributed by atoms with van der Waals surface area (Å²) in [6.45, 7) is 0. The summed E-state index contributed by atoms with van der Waals surface area (Å²) >= 11 is 0. The predicted octanol–water partition coefficient (Wildman–Crippen LogP) is 4.76. The number of esters is 1. The molecule has 0 radical (unpaired) electrons. The van der Waals surface area contributed by atoms with Crippen LogP contribution in [0.5, 0.6) is 0 Å². The van der Waals surface area contributed by atoms with Gasteiger partial charge in [-0.25, -0.2) is 18.0 Å². The Morgan fingerprint density at radius 3 is 1.00 bits per heavy atom. The van der Waals surface area contributed by atoms with Gasteiger partial charge in [0.05, 0.1) is 7.11 Å². The maximum Gasteiger partial charge on any atom is 0.382 e. The third kappa shape index (κ3) is 1.76. The molecular weight excluding hydrogens is 499 g/mol. The molecule has 2 rings (SSSR count). The lowest BCUT2D eigenvalue weighted by atomic mass is 9.51. The average Bonchev–Trinajstić information content (AvgIpc) is 2.61. The summed E-state index contributed by atoms with van der Waals surface area (Å²) in [6, 6.07) is 0. The Hall–Kier alpha value is -1.72. The minimum Gasteiger partial charge on any atom is -0.466 e. The number of alkyl halides is 17. The zero-order valence-electron chi connectivity index (χ0n) is 13.7. The lowest BCUT2D eigenvalue weighted by Gasteiger charge is -2.64. The summed E-state index contributed by atoms with van der Waals surface area (Å²) in [5, 5.41) is 0. The van der Waals surface area contributed by atoms with Gasteiger partial charge in [-0.3, -0.25) is 0 Å². The third-order valence-electron chi connectivity index (χ3n) is 5.12. The first kappa shape index (κ1) is 25.5. The van der Waals surface area contributed by atoms with Crippen LogP contribution in [-0.4, -0.2) is 71.5 Å². The fourth-order valence-corrected chi connectivity index (χ4v) is 3.38. The van der Waals surface area contributed by atoms with Gasteiger partial charge in [-0.1, -0.05) is 0 Å². The highest BCUT2D eigenvalue weighted by atomic mass is 19.4. The van der Waals surface area contributed by atoms with E-state index in [0.29, 0.717) is 0 Å². The molecule has 31 heavy (non-hydrogen) atoms. The second-order valence-corrected chi connectivity index (χ2v) is 6.49.